The summed E-state index contributed by atoms with van der Waals surface area (Å²) in [7, 11) is 0. The van der Waals surface area contributed by atoms with Gasteiger partial charge in [0.15, 0.2) is 11.4 Å². The van der Waals surface area contributed by atoms with E-state index in [9.17, 15) is 4.79 Å². The highest BCUT2D eigenvalue weighted by Gasteiger charge is 2.12. The Bertz CT molecular complexity index is 749. The molecule has 0 unspecified atom stereocenters. The van der Waals surface area contributed by atoms with E-state index in [0.717, 1.165) is 0 Å². The third kappa shape index (κ3) is 2.17. The first-order valence-corrected chi connectivity index (χ1v) is 5.82. The second-order valence-electron chi connectivity index (χ2n) is 3.92. The van der Waals surface area contributed by atoms with Gasteiger partial charge in [-0.15, -0.1) is 0 Å². The zero-order chi connectivity index (χ0) is 13.4. The van der Waals surface area contributed by atoms with Crippen molar-refractivity contribution in [3.05, 3.63) is 41.4 Å². The monoisotopic (exact) mass is 277 g/mol. The van der Waals surface area contributed by atoms with Gasteiger partial charge in [0.1, 0.15) is 10.8 Å². The van der Waals surface area contributed by atoms with E-state index in [2.05, 4.69) is 10.1 Å². The number of rotatable bonds is 3. The van der Waals surface area contributed by atoms with Gasteiger partial charge < -0.3 is 9.52 Å². The summed E-state index contributed by atoms with van der Waals surface area (Å²) in [4.78, 5) is 14.9. The maximum atomic E-state index is 10.7. The Balaban J connectivity index is 2.12. The van der Waals surface area contributed by atoms with Gasteiger partial charge >= 0.3 is 5.97 Å². The topological polar surface area (TPSA) is 80.6 Å². The normalized spacial score (nSPS) is 11.0. The molecular formula is C12H8ClN3O3. The van der Waals surface area contributed by atoms with Crippen LogP contribution in [0, 0.1) is 0 Å². The number of hydrogen-bond acceptors (Lipinski definition) is 4. The molecule has 19 heavy (non-hydrogen) atoms. The van der Waals surface area contributed by atoms with Crippen LogP contribution in [0.25, 0.3) is 17.1 Å². The first-order chi connectivity index (χ1) is 9.13. The van der Waals surface area contributed by atoms with Crippen molar-refractivity contribution in [1.29, 1.82) is 0 Å². The second kappa shape index (κ2) is 4.40. The molecule has 0 atom stereocenters. The minimum atomic E-state index is -0.960. The summed E-state index contributed by atoms with van der Waals surface area (Å²) >= 11 is 6.06. The number of furan rings is 1. The predicted molar refractivity (Wildman–Crippen MR) is 67.0 cm³/mol. The van der Waals surface area contributed by atoms with Crippen LogP contribution in [0.5, 0.6) is 0 Å². The highest BCUT2D eigenvalue weighted by Crippen LogP contribution is 2.22. The van der Waals surface area contributed by atoms with Crippen LogP contribution in [-0.2, 0) is 11.2 Å². The molecule has 0 aliphatic heterocycles. The molecule has 0 saturated heterocycles. The smallest absolute Gasteiger partial charge is 0.309 e. The zero-order valence-corrected chi connectivity index (χ0v) is 10.3. The molecule has 3 rings (SSSR count). The lowest BCUT2D eigenvalue weighted by Gasteiger charge is -2.00. The van der Waals surface area contributed by atoms with Crippen LogP contribution >= 0.6 is 11.6 Å². The summed E-state index contributed by atoms with van der Waals surface area (Å²) in [5.74, 6) is -0.361. The molecule has 0 saturated carbocycles. The van der Waals surface area contributed by atoms with Crippen molar-refractivity contribution in [3.8, 4) is 11.5 Å². The Morgan fingerprint density at radius 2 is 2.32 bits per heavy atom. The van der Waals surface area contributed by atoms with E-state index in [4.69, 9.17) is 21.1 Å². The van der Waals surface area contributed by atoms with E-state index >= 15 is 0 Å². The van der Waals surface area contributed by atoms with Crippen LogP contribution in [0.15, 0.2) is 34.9 Å². The molecule has 0 spiro atoms. The van der Waals surface area contributed by atoms with E-state index in [1.54, 1.807) is 24.5 Å². The van der Waals surface area contributed by atoms with Gasteiger partial charge in [0.25, 0.3) is 0 Å². The summed E-state index contributed by atoms with van der Waals surface area (Å²) in [6, 6.07) is 6.70. The maximum Gasteiger partial charge on any atom is 0.309 e. The van der Waals surface area contributed by atoms with Crippen LogP contribution in [0.3, 0.4) is 0 Å². The lowest BCUT2D eigenvalue weighted by Crippen LogP contribution is -2.04. The van der Waals surface area contributed by atoms with Crippen molar-refractivity contribution < 1.29 is 14.3 Å². The van der Waals surface area contributed by atoms with Crippen molar-refractivity contribution in [1.82, 2.24) is 14.6 Å². The number of carboxylic acids is 1. The van der Waals surface area contributed by atoms with Gasteiger partial charge in [-0.05, 0) is 18.2 Å². The fourth-order valence-electron chi connectivity index (χ4n) is 1.78. The van der Waals surface area contributed by atoms with Crippen molar-refractivity contribution in [2.75, 3.05) is 0 Å². The molecule has 0 aliphatic rings. The van der Waals surface area contributed by atoms with E-state index in [-0.39, 0.29) is 6.42 Å². The average Bonchev–Trinajstić information content (AvgIpc) is 2.95. The fraction of sp³-hybridized carbons (Fsp3) is 0.0833. The number of carbonyl (C=O) groups is 1. The van der Waals surface area contributed by atoms with E-state index in [0.29, 0.717) is 27.9 Å². The van der Waals surface area contributed by atoms with Gasteiger partial charge in [0, 0.05) is 6.07 Å². The molecule has 0 fully saturated rings. The number of halogens is 1. The van der Waals surface area contributed by atoms with Crippen LogP contribution in [-0.4, -0.2) is 25.7 Å². The third-order valence-corrected chi connectivity index (χ3v) is 2.81. The van der Waals surface area contributed by atoms with E-state index in [1.165, 1.54) is 10.6 Å². The first-order valence-electron chi connectivity index (χ1n) is 5.44. The van der Waals surface area contributed by atoms with E-state index in [1.807, 2.05) is 0 Å². The number of fused-ring (bicyclic) bond motifs is 1. The SMILES string of the molecule is O=C(O)Cc1cc(Cl)n2nc(-c3ccco3)cc2n1. The van der Waals surface area contributed by atoms with Gasteiger partial charge in [-0.3, -0.25) is 4.79 Å². The molecule has 7 heteroatoms. The zero-order valence-electron chi connectivity index (χ0n) is 9.58. The molecule has 0 radical (unpaired) electrons. The standard InChI is InChI=1S/C12H8ClN3O3/c13-10-4-7(5-12(17)18)14-11-6-8(15-16(10)11)9-2-1-3-19-9/h1-4,6H,5H2,(H,17,18). The predicted octanol–water partition coefficient (Wildman–Crippen LogP) is 2.27. The highest BCUT2D eigenvalue weighted by atomic mass is 35.5. The van der Waals surface area contributed by atoms with Gasteiger partial charge in [-0.1, -0.05) is 11.6 Å². The molecule has 3 heterocycles. The quantitative estimate of drug-likeness (QED) is 0.743. The molecule has 0 amide bonds. The van der Waals surface area contributed by atoms with Crippen molar-refractivity contribution in [2.24, 2.45) is 0 Å². The molecule has 0 aliphatic carbocycles. The number of aliphatic carboxylic acids is 1. The van der Waals surface area contributed by atoms with Gasteiger partial charge in [-0.25, -0.2) is 9.50 Å². The Morgan fingerprint density at radius 3 is 3.00 bits per heavy atom. The van der Waals surface area contributed by atoms with Crippen LogP contribution in [0.4, 0.5) is 0 Å². The molecular weight excluding hydrogens is 270 g/mol. The van der Waals surface area contributed by atoms with E-state index < -0.39 is 5.97 Å². The highest BCUT2D eigenvalue weighted by molar-refractivity contribution is 6.29. The second-order valence-corrected chi connectivity index (χ2v) is 4.30. The average molecular weight is 278 g/mol. The van der Waals surface area contributed by atoms with Crippen molar-refractivity contribution >= 4 is 23.2 Å². The summed E-state index contributed by atoms with van der Waals surface area (Å²) in [6.45, 7) is 0. The Kier molecular flexibility index (Phi) is 2.72. The lowest BCUT2D eigenvalue weighted by molar-refractivity contribution is -0.136. The van der Waals surface area contributed by atoms with Crippen molar-refractivity contribution in [2.45, 2.75) is 6.42 Å². The lowest BCUT2D eigenvalue weighted by atomic mass is 10.3. The molecule has 96 valence electrons. The maximum absolute atomic E-state index is 10.7. The molecule has 0 aromatic carbocycles. The Labute approximate surface area is 112 Å². The number of nitrogens with zero attached hydrogens (tertiary/aromatic N) is 3. The minimum Gasteiger partial charge on any atom is -0.481 e. The van der Waals surface area contributed by atoms with Crippen LogP contribution in [0.1, 0.15) is 5.69 Å². The molecule has 0 bridgehead atoms. The number of hydrogen-bond donors (Lipinski definition) is 1. The van der Waals surface area contributed by atoms with Gasteiger partial charge in [0.2, 0.25) is 0 Å². The van der Waals surface area contributed by atoms with Gasteiger partial charge in [-0.2, -0.15) is 5.10 Å². The summed E-state index contributed by atoms with van der Waals surface area (Å²) in [5, 5.41) is 13.3. The fourth-order valence-corrected chi connectivity index (χ4v) is 2.03. The number of aromatic nitrogens is 3. The third-order valence-electron chi connectivity index (χ3n) is 2.54. The minimum absolute atomic E-state index is 0.183. The molecule has 3 aromatic heterocycles. The van der Waals surface area contributed by atoms with Crippen molar-refractivity contribution in [3.63, 3.8) is 0 Å². The Hall–Kier alpha value is -2.34. The van der Waals surface area contributed by atoms with Gasteiger partial charge in [0.05, 0.1) is 18.4 Å². The largest absolute Gasteiger partial charge is 0.481 e. The summed E-state index contributed by atoms with van der Waals surface area (Å²) in [6.07, 6.45) is 1.36. The summed E-state index contributed by atoms with van der Waals surface area (Å²) in [5.41, 5.74) is 1.46. The van der Waals surface area contributed by atoms with Crippen LogP contribution < -0.4 is 0 Å². The number of carboxylic acid groups (broad SMARTS) is 1. The molecule has 3 aromatic rings. The summed E-state index contributed by atoms with van der Waals surface area (Å²) < 4.78 is 6.68. The molecule has 6 nitrogen and oxygen atoms in total. The van der Waals surface area contributed by atoms with Crippen LogP contribution in [0.2, 0.25) is 5.15 Å². The Morgan fingerprint density at radius 1 is 1.47 bits per heavy atom. The molecule has 1 N–H and O–H groups in total. The first kappa shape index (κ1) is 11.7.